The van der Waals surface area contributed by atoms with Crippen LogP contribution in [-0.2, 0) is 18.6 Å². The molecule has 0 rings (SSSR count). The standard InChI is InChI=1S/C5H9S2.U.V/c1-3-4-7-5(2)6;;/h4H,3H2,1-2H3;;/q-1;;. The van der Waals surface area contributed by atoms with Gasteiger partial charge in [0.15, 0.2) is 0 Å². The fraction of sp³-hybridized carbons (Fsp3) is 0.600. The maximum atomic E-state index is 4.79. The van der Waals surface area contributed by atoms with Crippen LogP contribution in [0.15, 0.2) is 0 Å². The Morgan fingerprint density at radius 1 is 1.67 bits per heavy atom. The van der Waals surface area contributed by atoms with Crippen LogP contribution in [0.1, 0.15) is 20.3 Å². The maximum Gasteiger partial charge on any atom is 0.0131 e. The van der Waals surface area contributed by atoms with Gasteiger partial charge in [0.1, 0.15) is 0 Å². The summed E-state index contributed by atoms with van der Waals surface area (Å²) < 4.78 is 1.00. The van der Waals surface area contributed by atoms with Crippen LogP contribution in [0, 0.1) is 36.9 Å². The minimum atomic E-state index is 0. The molecule has 0 aromatic rings. The summed E-state index contributed by atoms with van der Waals surface area (Å²) in [7, 11) is 0. The Balaban J connectivity index is -0.000000180. The van der Waals surface area contributed by atoms with E-state index in [9.17, 15) is 0 Å². The molecule has 9 heavy (non-hydrogen) atoms. The molecule has 1 radical (unpaired) electrons. The summed E-state index contributed by atoms with van der Waals surface area (Å²) in [5.74, 6) is 2.10. The molecular weight excluding hydrogens is 413 g/mol. The number of hydrogen-bond donors (Lipinski definition) is 0. The van der Waals surface area contributed by atoms with Crippen LogP contribution >= 0.6 is 24.0 Å². The first-order valence-corrected chi connectivity index (χ1v) is 3.55. The normalized spacial score (nSPS) is 6.89. The van der Waals surface area contributed by atoms with Crippen LogP contribution in [0.5, 0.6) is 0 Å². The number of rotatable bonds is 2. The van der Waals surface area contributed by atoms with Gasteiger partial charge in [0, 0.05) is 53.9 Å². The van der Waals surface area contributed by atoms with E-state index in [1.165, 1.54) is 0 Å². The molecule has 0 aliphatic rings. The number of thioether (sulfide) groups is 1. The second-order valence-electron chi connectivity index (χ2n) is 1.18. The molecule has 0 bridgehead atoms. The molecule has 0 heterocycles. The van der Waals surface area contributed by atoms with E-state index in [-0.39, 0.29) is 49.7 Å². The molecule has 0 atom stereocenters. The first-order chi connectivity index (χ1) is 3.27. The van der Waals surface area contributed by atoms with Gasteiger partial charge in [-0.2, -0.15) is 6.42 Å². The summed E-state index contributed by atoms with van der Waals surface area (Å²) in [6.45, 7) is 4.04. The van der Waals surface area contributed by atoms with Crippen LogP contribution in [0.2, 0.25) is 0 Å². The van der Waals surface area contributed by atoms with Crippen LogP contribution in [0.3, 0.4) is 0 Å². The third kappa shape index (κ3) is 17.8. The van der Waals surface area contributed by atoms with Gasteiger partial charge >= 0.3 is 0 Å². The van der Waals surface area contributed by atoms with E-state index in [1.807, 2.05) is 6.92 Å². The summed E-state index contributed by atoms with van der Waals surface area (Å²) in [6, 6.07) is 0. The summed E-state index contributed by atoms with van der Waals surface area (Å²) in [4.78, 5) is 0. The van der Waals surface area contributed by atoms with Crippen LogP contribution < -0.4 is 0 Å². The predicted octanol–water partition coefficient (Wildman–Crippen LogP) is 2.64. The van der Waals surface area contributed by atoms with Gasteiger partial charge in [-0.05, 0) is 6.92 Å². The van der Waals surface area contributed by atoms with Crippen molar-refractivity contribution in [3.63, 3.8) is 0 Å². The Morgan fingerprint density at radius 3 is 2.22 bits per heavy atom. The molecule has 0 N–H and O–H groups in total. The van der Waals surface area contributed by atoms with Crippen LogP contribution in [0.25, 0.3) is 0 Å². The molecular formula is C5H9S2UV-. The SMILES string of the molecule is CC[CH-]SC(C)=S.[U].[V]. The van der Waals surface area contributed by atoms with Gasteiger partial charge in [0.25, 0.3) is 0 Å². The molecule has 0 amide bonds. The zero-order valence-corrected chi connectivity index (χ0v) is 12.7. The summed E-state index contributed by atoms with van der Waals surface area (Å²) in [5.41, 5.74) is 0. The quantitative estimate of drug-likeness (QED) is 0.496. The van der Waals surface area contributed by atoms with Crippen molar-refractivity contribution in [3.05, 3.63) is 5.75 Å². The average molecular weight is 422 g/mol. The molecule has 4 heteroatoms. The van der Waals surface area contributed by atoms with Crippen molar-refractivity contribution in [1.29, 1.82) is 0 Å². The first kappa shape index (κ1) is 17.2. The van der Waals surface area contributed by atoms with Crippen LogP contribution in [-0.4, -0.2) is 4.20 Å². The van der Waals surface area contributed by atoms with E-state index < -0.39 is 0 Å². The molecule has 0 unspecified atom stereocenters. The van der Waals surface area contributed by atoms with Crippen molar-refractivity contribution in [3.8, 4) is 0 Å². The van der Waals surface area contributed by atoms with Gasteiger partial charge in [0.2, 0.25) is 0 Å². The Hall–Kier alpha value is 2.08. The largest absolute Gasteiger partial charge is 0.309 e. The van der Waals surface area contributed by atoms with E-state index in [0.29, 0.717) is 0 Å². The Kier molecular flexibility index (Phi) is 24.4. The summed E-state index contributed by atoms with van der Waals surface area (Å²) in [5, 5.41) is 0. The van der Waals surface area contributed by atoms with Crippen molar-refractivity contribution in [1.82, 2.24) is 0 Å². The number of thiocarbonyl (C=S) groups is 1. The smallest absolute Gasteiger partial charge is 0.0131 e. The van der Waals surface area contributed by atoms with Crippen molar-refractivity contribution >= 4 is 28.2 Å². The van der Waals surface area contributed by atoms with Crippen molar-refractivity contribution < 1.29 is 49.7 Å². The fourth-order valence-electron chi connectivity index (χ4n) is 0.201. The minimum absolute atomic E-state index is 0. The van der Waals surface area contributed by atoms with Gasteiger partial charge in [0.05, 0.1) is 0 Å². The van der Waals surface area contributed by atoms with Gasteiger partial charge < -0.3 is 11.8 Å². The molecule has 0 nitrogen and oxygen atoms in total. The van der Waals surface area contributed by atoms with Gasteiger partial charge in [-0.3, -0.25) is 5.75 Å². The van der Waals surface area contributed by atoms with Gasteiger partial charge in [-0.15, -0.1) is 0 Å². The topological polar surface area (TPSA) is 0 Å². The second-order valence-corrected chi connectivity index (χ2v) is 3.24. The van der Waals surface area contributed by atoms with E-state index in [4.69, 9.17) is 12.2 Å². The third-order valence-electron chi connectivity index (χ3n) is 0.416. The third-order valence-corrected chi connectivity index (χ3v) is 1.54. The molecule has 0 saturated heterocycles. The maximum absolute atomic E-state index is 4.79. The van der Waals surface area contributed by atoms with E-state index in [2.05, 4.69) is 12.7 Å². The number of hydrogen-bond acceptors (Lipinski definition) is 2. The summed E-state index contributed by atoms with van der Waals surface area (Å²) in [6.07, 6.45) is 1.10. The Labute approximate surface area is 103 Å². The monoisotopic (exact) mass is 422 g/mol. The van der Waals surface area contributed by atoms with Gasteiger partial charge in [-0.1, -0.05) is 19.1 Å². The molecule has 0 aliphatic carbocycles. The molecule has 0 aromatic heterocycles. The van der Waals surface area contributed by atoms with E-state index >= 15 is 0 Å². The fourth-order valence-corrected chi connectivity index (χ4v) is 0.806. The molecule has 0 saturated carbocycles. The van der Waals surface area contributed by atoms with E-state index in [1.54, 1.807) is 11.8 Å². The average Bonchev–Trinajstić information content (AvgIpc) is 1.61. The molecule has 0 aliphatic heterocycles. The zero-order valence-electron chi connectivity index (χ0n) is 5.55. The van der Waals surface area contributed by atoms with E-state index in [0.717, 1.165) is 10.6 Å². The molecule has 51 valence electrons. The first-order valence-electron chi connectivity index (χ1n) is 2.26. The minimum Gasteiger partial charge on any atom is -0.309 e. The Morgan fingerprint density at radius 2 is 2.11 bits per heavy atom. The zero-order chi connectivity index (χ0) is 5.70. The van der Waals surface area contributed by atoms with Crippen molar-refractivity contribution in [2.24, 2.45) is 0 Å². The van der Waals surface area contributed by atoms with Crippen molar-refractivity contribution in [2.75, 3.05) is 0 Å². The van der Waals surface area contributed by atoms with Gasteiger partial charge in [-0.25, -0.2) is 0 Å². The van der Waals surface area contributed by atoms with Crippen LogP contribution in [0.4, 0.5) is 0 Å². The molecule has 0 aromatic carbocycles. The van der Waals surface area contributed by atoms with Crippen molar-refractivity contribution in [2.45, 2.75) is 20.3 Å². The molecule has 0 fully saturated rings. The molecule has 0 spiro atoms. The predicted molar refractivity (Wildman–Crippen MR) is 40.5 cm³/mol. The Bertz CT molecular complexity index is 68.0. The summed E-state index contributed by atoms with van der Waals surface area (Å²) >= 11 is 6.43. The second kappa shape index (κ2) is 12.7.